The first-order valence-corrected chi connectivity index (χ1v) is 13.6. The number of benzene rings is 2. The molecule has 0 bridgehead atoms. The molecule has 2 aromatic carbocycles. The van der Waals surface area contributed by atoms with E-state index in [0.29, 0.717) is 0 Å². The standard InChI is InChI=1S/C25H30Si/c1-6-17-12-13-21-19(14-17)15-23-22(21)16-24(26(3,4)5)20(7-2)25(23)18-10-8-9-11-18/h8-10,12-14,16H,6-7,11,15H2,1-5H3. The zero-order valence-corrected chi connectivity index (χ0v) is 17.9. The second-order valence-electron chi connectivity index (χ2n) is 8.75. The third-order valence-electron chi connectivity index (χ3n) is 6.03. The summed E-state index contributed by atoms with van der Waals surface area (Å²) in [6.45, 7) is 12.1. The van der Waals surface area contributed by atoms with Gasteiger partial charge < -0.3 is 0 Å². The molecule has 0 radical (unpaired) electrons. The van der Waals surface area contributed by atoms with E-state index in [1.807, 2.05) is 0 Å². The molecule has 0 fully saturated rings. The molecule has 0 amide bonds. The fraction of sp³-hybridized carbons (Fsp3) is 0.360. The molecule has 1 heteroatoms. The summed E-state index contributed by atoms with van der Waals surface area (Å²) in [6, 6.07) is 9.72. The minimum atomic E-state index is -1.41. The summed E-state index contributed by atoms with van der Waals surface area (Å²) >= 11 is 0. The predicted molar refractivity (Wildman–Crippen MR) is 118 cm³/mol. The van der Waals surface area contributed by atoms with E-state index in [1.54, 1.807) is 21.9 Å². The maximum absolute atomic E-state index is 2.57. The van der Waals surface area contributed by atoms with E-state index in [2.05, 4.69) is 76.0 Å². The maximum Gasteiger partial charge on any atom is 0.0780 e. The Kier molecular flexibility index (Phi) is 4.31. The maximum atomic E-state index is 2.57. The Bertz CT molecular complexity index is 936. The Balaban J connectivity index is 2.01. The van der Waals surface area contributed by atoms with Crippen LogP contribution in [0, 0.1) is 0 Å². The van der Waals surface area contributed by atoms with Crippen LogP contribution in [0.1, 0.15) is 48.1 Å². The predicted octanol–water partition coefficient (Wildman–Crippen LogP) is 6.27. The fourth-order valence-corrected chi connectivity index (χ4v) is 6.50. The number of rotatable bonds is 4. The summed E-state index contributed by atoms with van der Waals surface area (Å²) in [6.07, 6.45) is 11.3. The van der Waals surface area contributed by atoms with Crippen LogP contribution in [-0.2, 0) is 19.3 Å². The van der Waals surface area contributed by atoms with Crippen LogP contribution in [0.2, 0.25) is 19.6 Å². The van der Waals surface area contributed by atoms with Crippen LogP contribution >= 0.6 is 0 Å². The van der Waals surface area contributed by atoms with Crippen LogP contribution < -0.4 is 5.19 Å². The van der Waals surface area contributed by atoms with E-state index in [1.165, 1.54) is 27.8 Å². The highest BCUT2D eigenvalue weighted by Gasteiger charge is 2.30. The van der Waals surface area contributed by atoms with E-state index in [4.69, 9.17) is 0 Å². The number of allylic oxidation sites excluding steroid dienone is 4. The second kappa shape index (κ2) is 6.39. The van der Waals surface area contributed by atoms with Gasteiger partial charge >= 0.3 is 0 Å². The van der Waals surface area contributed by atoms with Crippen LogP contribution in [0.4, 0.5) is 0 Å². The third-order valence-corrected chi connectivity index (χ3v) is 8.09. The SMILES string of the molecule is CCc1ccc2c(c1)Cc1c-2cc([Si](C)(C)C)c(CC)c1C1=CC=CC1. The van der Waals surface area contributed by atoms with Gasteiger partial charge in [0.2, 0.25) is 0 Å². The van der Waals surface area contributed by atoms with Crippen molar-refractivity contribution in [3.05, 3.63) is 70.3 Å². The van der Waals surface area contributed by atoms with Crippen LogP contribution in [0.5, 0.6) is 0 Å². The van der Waals surface area contributed by atoms with E-state index in [-0.39, 0.29) is 0 Å². The van der Waals surface area contributed by atoms with Crippen molar-refractivity contribution in [1.29, 1.82) is 0 Å². The van der Waals surface area contributed by atoms with Crippen LogP contribution in [-0.4, -0.2) is 8.07 Å². The lowest BCUT2D eigenvalue weighted by atomic mass is 9.89. The van der Waals surface area contributed by atoms with Gasteiger partial charge in [-0.25, -0.2) is 0 Å². The van der Waals surface area contributed by atoms with E-state index >= 15 is 0 Å². The molecule has 134 valence electrons. The molecule has 0 unspecified atom stereocenters. The molecule has 26 heavy (non-hydrogen) atoms. The first-order valence-electron chi connectivity index (χ1n) is 10.1. The highest BCUT2D eigenvalue weighted by Crippen LogP contribution is 2.43. The third kappa shape index (κ3) is 2.73. The van der Waals surface area contributed by atoms with Crippen molar-refractivity contribution in [1.82, 2.24) is 0 Å². The largest absolute Gasteiger partial charge is 0.0801 e. The van der Waals surface area contributed by atoms with Gasteiger partial charge in [0.1, 0.15) is 0 Å². The molecule has 2 aliphatic carbocycles. The molecule has 4 rings (SSSR count). The van der Waals surface area contributed by atoms with Crippen molar-refractivity contribution in [3.8, 4) is 11.1 Å². The van der Waals surface area contributed by atoms with Gasteiger partial charge in [0, 0.05) is 0 Å². The highest BCUT2D eigenvalue weighted by molar-refractivity contribution is 6.89. The van der Waals surface area contributed by atoms with Crippen molar-refractivity contribution in [2.75, 3.05) is 0 Å². The van der Waals surface area contributed by atoms with Gasteiger partial charge in [0.15, 0.2) is 0 Å². The monoisotopic (exact) mass is 358 g/mol. The Morgan fingerprint density at radius 3 is 2.38 bits per heavy atom. The molecule has 0 saturated heterocycles. The van der Waals surface area contributed by atoms with Crippen molar-refractivity contribution in [2.24, 2.45) is 0 Å². The smallest absolute Gasteiger partial charge is 0.0780 e. The van der Waals surface area contributed by atoms with Gasteiger partial charge in [-0.1, -0.05) is 81.2 Å². The lowest BCUT2D eigenvalue weighted by Gasteiger charge is -2.26. The number of aryl methyl sites for hydroxylation is 1. The fourth-order valence-electron chi connectivity index (χ4n) is 4.72. The Morgan fingerprint density at radius 1 is 0.962 bits per heavy atom. The average Bonchev–Trinajstić information content (AvgIpc) is 3.26. The Labute approximate surface area is 159 Å². The van der Waals surface area contributed by atoms with Crippen LogP contribution in [0.3, 0.4) is 0 Å². The topological polar surface area (TPSA) is 0 Å². The van der Waals surface area contributed by atoms with Crippen molar-refractivity contribution in [2.45, 2.75) is 59.2 Å². The number of hydrogen-bond acceptors (Lipinski definition) is 0. The van der Waals surface area contributed by atoms with Crippen LogP contribution in [0.15, 0.2) is 42.5 Å². The average molecular weight is 359 g/mol. The van der Waals surface area contributed by atoms with Crippen molar-refractivity contribution >= 4 is 18.8 Å². The summed E-state index contributed by atoms with van der Waals surface area (Å²) in [5.41, 5.74) is 12.3. The molecule has 0 spiro atoms. The Hall–Kier alpha value is -1.86. The van der Waals surface area contributed by atoms with Crippen molar-refractivity contribution < 1.29 is 0 Å². The zero-order valence-electron chi connectivity index (χ0n) is 16.9. The number of fused-ring (bicyclic) bond motifs is 3. The van der Waals surface area contributed by atoms with Gasteiger partial charge in [-0.05, 0) is 70.2 Å². The zero-order chi connectivity index (χ0) is 18.5. The van der Waals surface area contributed by atoms with E-state index in [9.17, 15) is 0 Å². The molecule has 0 N–H and O–H groups in total. The first kappa shape index (κ1) is 17.5. The molecule has 0 atom stereocenters. The van der Waals surface area contributed by atoms with Gasteiger partial charge in [-0.3, -0.25) is 0 Å². The van der Waals surface area contributed by atoms with Crippen LogP contribution in [0.25, 0.3) is 16.7 Å². The lowest BCUT2D eigenvalue weighted by molar-refractivity contribution is 1.10. The van der Waals surface area contributed by atoms with Gasteiger partial charge in [0.25, 0.3) is 0 Å². The summed E-state index contributed by atoms with van der Waals surface area (Å²) in [5.74, 6) is 0. The van der Waals surface area contributed by atoms with E-state index in [0.717, 1.165) is 25.7 Å². The molecule has 0 saturated carbocycles. The summed E-state index contributed by atoms with van der Waals surface area (Å²) < 4.78 is 0. The minimum absolute atomic E-state index is 1.09. The Morgan fingerprint density at radius 2 is 1.77 bits per heavy atom. The molecule has 0 heterocycles. The molecule has 0 aromatic heterocycles. The molecular formula is C25H30Si. The molecule has 2 aliphatic rings. The normalized spacial score (nSPS) is 15.2. The second-order valence-corrected chi connectivity index (χ2v) is 13.8. The van der Waals surface area contributed by atoms with Gasteiger partial charge in [-0.2, -0.15) is 0 Å². The number of hydrogen-bond donors (Lipinski definition) is 0. The first-order chi connectivity index (χ1) is 12.4. The molecule has 2 aromatic rings. The van der Waals surface area contributed by atoms with Crippen molar-refractivity contribution in [3.63, 3.8) is 0 Å². The summed E-state index contributed by atoms with van der Waals surface area (Å²) in [5, 5.41) is 1.66. The summed E-state index contributed by atoms with van der Waals surface area (Å²) in [4.78, 5) is 0. The van der Waals surface area contributed by atoms with E-state index < -0.39 is 8.07 Å². The quantitative estimate of drug-likeness (QED) is 0.482. The van der Waals surface area contributed by atoms with Gasteiger partial charge in [-0.15, -0.1) is 0 Å². The molecule has 0 nitrogen and oxygen atoms in total. The summed E-state index contributed by atoms with van der Waals surface area (Å²) in [7, 11) is -1.41. The van der Waals surface area contributed by atoms with Gasteiger partial charge in [0.05, 0.1) is 8.07 Å². The minimum Gasteiger partial charge on any atom is -0.0801 e. The molecule has 0 aliphatic heterocycles. The molecular weight excluding hydrogens is 328 g/mol. The lowest BCUT2D eigenvalue weighted by Crippen LogP contribution is -2.41. The highest BCUT2D eigenvalue weighted by atomic mass is 28.3.